The van der Waals surface area contributed by atoms with E-state index >= 15 is 0 Å². The highest BCUT2D eigenvalue weighted by atomic mass is 79.9. The molecule has 0 aliphatic heterocycles. The van der Waals surface area contributed by atoms with Crippen molar-refractivity contribution < 1.29 is 5.11 Å². The first-order valence-corrected chi connectivity index (χ1v) is 6.40. The van der Waals surface area contributed by atoms with Gasteiger partial charge in [-0.25, -0.2) is 0 Å². The normalized spacial score (nSPS) is 12.7. The highest BCUT2D eigenvalue weighted by Crippen LogP contribution is 2.32. The molecule has 0 bridgehead atoms. The molecular weight excluding hydrogens is 296 g/mol. The summed E-state index contributed by atoms with van der Waals surface area (Å²) in [5.41, 5.74) is 0.730. The van der Waals surface area contributed by atoms with Crippen LogP contribution < -0.4 is 0 Å². The van der Waals surface area contributed by atoms with Crippen molar-refractivity contribution in [2.75, 3.05) is 0 Å². The molecule has 1 aromatic carbocycles. The number of hydrogen-bond acceptors (Lipinski definition) is 2. The lowest BCUT2D eigenvalue weighted by atomic mass is 10.1. The second kappa shape index (κ2) is 4.66. The van der Waals surface area contributed by atoms with Gasteiger partial charge >= 0.3 is 0 Å². The molecule has 1 heterocycles. The van der Waals surface area contributed by atoms with Gasteiger partial charge in [-0.2, -0.15) is 0 Å². The van der Waals surface area contributed by atoms with Gasteiger partial charge in [-0.3, -0.25) is 0 Å². The molecule has 4 heteroatoms. The molecule has 1 aromatic heterocycles. The van der Waals surface area contributed by atoms with Crippen LogP contribution in [0.1, 0.15) is 16.5 Å². The summed E-state index contributed by atoms with van der Waals surface area (Å²) in [6, 6.07) is 9.28. The van der Waals surface area contributed by atoms with E-state index in [-0.39, 0.29) is 0 Å². The molecule has 2 rings (SSSR count). The van der Waals surface area contributed by atoms with Gasteiger partial charge in [0.2, 0.25) is 0 Å². The quantitative estimate of drug-likeness (QED) is 0.879. The minimum Gasteiger partial charge on any atom is -0.383 e. The topological polar surface area (TPSA) is 20.2 Å². The van der Waals surface area contributed by atoms with Gasteiger partial charge < -0.3 is 5.11 Å². The van der Waals surface area contributed by atoms with Crippen molar-refractivity contribution in [3.63, 3.8) is 0 Å². The van der Waals surface area contributed by atoms with Crippen LogP contribution >= 0.6 is 38.9 Å². The molecule has 0 aliphatic carbocycles. The van der Waals surface area contributed by atoms with Crippen LogP contribution in [0.5, 0.6) is 0 Å². The SMILES string of the molecule is OC(c1cccs1)c1cc(Br)ccc1Cl. The summed E-state index contributed by atoms with van der Waals surface area (Å²) in [6.07, 6.45) is -0.644. The number of aliphatic hydroxyl groups is 1. The van der Waals surface area contributed by atoms with E-state index in [1.807, 2.05) is 29.6 Å². The molecule has 2 aromatic rings. The minimum absolute atomic E-state index is 0.583. The summed E-state index contributed by atoms with van der Waals surface area (Å²) in [6.45, 7) is 0. The molecule has 0 radical (unpaired) electrons. The third-order valence-electron chi connectivity index (χ3n) is 2.07. The van der Waals surface area contributed by atoms with Crippen LogP contribution in [-0.2, 0) is 0 Å². The molecule has 1 atom stereocenters. The van der Waals surface area contributed by atoms with Gasteiger partial charge in [0.05, 0.1) is 0 Å². The van der Waals surface area contributed by atoms with E-state index in [0.717, 1.165) is 14.9 Å². The highest BCUT2D eigenvalue weighted by molar-refractivity contribution is 9.10. The average molecular weight is 304 g/mol. The lowest BCUT2D eigenvalue weighted by Gasteiger charge is -2.11. The Morgan fingerprint density at radius 1 is 1.33 bits per heavy atom. The van der Waals surface area contributed by atoms with Crippen molar-refractivity contribution in [3.05, 3.63) is 55.6 Å². The lowest BCUT2D eigenvalue weighted by molar-refractivity contribution is 0.224. The third-order valence-corrected chi connectivity index (χ3v) is 3.83. The van der Waals surface area contributed by atoms with Gasteiger partial charge in [0.25, 0.3) is 0 Å². The lowest BCUT2D eigenvalue weighted by Crippen LogP contribution is -1.97. The monoisotopic (exact) mass is 302 g/mol. The van der Waals surface area contributed by atoms with Crippen LogP contribution in [0.4, 0.5) is 0 Å². The van der Waals surface area contributed by atoms with E-state index in [4.69, 9.17) is 11.6 Å². The van der Waals surface area contributed by atoms with E-state index in [1.165, 1.54) is 11.3 Å². The summed E-state index contributed by atoms with van der Waals surface area (Å²) in [4.78, 5) is 0.898. The maximum absolute atomic E-state index is 10.1. The number of halogens is 2. The molecule has 1 nitrogen and oxygen atoms in total. The van der Waals surface area contributed by atoms with Crippen LogP contribution in [-0.4, -0.2) is 5.11 Å². The molecule has 1 N–H and O–H groups in total. The molecule has 0 aliphatic rings. The zero-order valence-electron chi connectivity index (χ0n) is 7.65. The van der Waals surface area contributed by atoms with Crippen LogP contribution in [0.2, 0.25) is 5.02 Å². The van der Waals surface area contributed by atoms with E-state index < -0.39 is 6.10 Å². The fraction of sp³-hybridized carbons (Fsp3) is 0.0909. The van der Waals surface area contributed by atoms with E-state index in [0.29, 0.717) is 5.02 Å². The summed E-state index contributed by atoms with van der Waals surface area (Å²) in [7, 11) is 0. The number of thiophene rings is 1. The maximum atomic E-state index is 10.1. The highest BCUT2D eigenvalue weighted by Gasteiger charge is 2.14. The zero-order valence-corrected chi connectivity index (χ0v) is 10.8. The molecule has 78 valence electrons. The molecule has 0 fully saturated rings. The van der Waals surface area contributed by atoms with Gasteiger partial charge in [0.1, 0.15) is 6.10 Å². The van der Waals surface area contributed by atoms with Gasteiger partial charge in [0, 0.05) is 19.9 Å². The Balaban J connectivity index is 2.41. The van der Waals surface area contributed by atoms with Crippen molar-refractivity contribution in [3.8, 4) is 0 Å². The Hall–Kier alpha value is -0.350. The molecule has 0 amide bonds. The van der Waals surface area contributed by atoms with Crippen molar-refractivity contribution in [1.82, 2.24) is 0 Å². The Bertz CT molecular complexity index is 456. The smallest absolute Gasteiger partial charge is 0.115 e. The van der Waals surface area contributed by atoms with Crippen LogP contribution in [0.25, 0.3) is 0 Å². The first-order chi connectivity index (χ1) is 7.18. The van der Waals surface area contributed by atoms with Crippen molar-refractivity contribution in [2.24, 2.45) is 0 Å². The fourth-order valence-electron chi connectivity index (χ4n) is 1.32. The molecular formula is C11H8BrClOS. The summed E-state index contributed by atoms with van der Waals surface area (Å²) >= 11 is 10.9. The van der Waals surface area contributed by atoms with Crippen LogP contribution in [0.15, 0.2) is 40.2 Å². The standard InChI is InChI=1S/C11H8BrClOS/c12-7-3-4-9(13)8(6-7)11(14)10-2-1-5-15-10/h1-6,11,14H. The maximum Gasteiger partial charge on any atom is 0.115 e. The second-order valence-electron chi connectivity index (χ2n) is 3.08. The summed E-state index contributed by atoms with van der Waals surface area (Å²) in [5, 5.41) is 12.6. The molecule has 15 heavy (non-hydrogen) atoms. The Morgan fingerprint density at radius 2 is 2.13 bits per heavy atom. The minimum atomic E-state index is -0.644. The van der Waals surface area contributed by atoms with Crippen LogP contribution in [0.3, 0.4) is 0 Å². The fourth-order valence-corrected chi connectivity index (χ4v) is 2.65. The Morgan fingerprint density at radius 3 is 2.80 bits per heavy atom. The predicted molar refractivity (Wildman–Crippen MR) is 67.5 cm³/mol. The van der Waals surface area contributed by atoms with E-state index in [2.05, 4.69) is 15.9 Å². The summed E-state index contributed by atoms with van der Waals surface area (Å²) < 4.78 is 0.914. The van der Waals surface area contributed by atoms with Crippen molar-refractivity contribution >= 4 is 38.9 Å². The summed E-state index contributed by atoms with van der Waals surface area (Å²) in [5.74, 6) is 0. The predicted octanol–water partition coefficient (Wildman–Crippen LogP) is 4.25. The van der Waals surface area contributed by atoms with Gasteiger partial charge in [-0.05, 0) is 29.6 Å². The first-order valence-electron chi connectivity index (χ1n) is 4.35. The number of benzene rings is 1. The number of rotatable bonds is 2. The van der Waals surface area contributed by atoms with E-state index in [1.54, 1.807) is 6.07 Å². The Labute approximate surface area is 105 Å². The van der Waals surface area contributed by atoms with Gasteiger partial charge in [-0.15, -0.1) is 11.3 Å². The van der Waals surface area contributed by atoms with Gasteiger partial charge in [-0.1, -0.05) is 33.6 Å². The van der Waals surface area contributed by atoms with Crippen molar-refractivity contribution in [1.29, 1.82) is 0 Å². The number of hydrogen-bond donors (Lipinski definition) is 1. The first kappa shape index (κ1) is 11.1. The van der Waals surface area contributed by atoms with Gasteiger partial charge in [0.15, 0.2) is 0 Å². The van der Waals surface area contributed by atoms with Crippen molar-refractivity contribution in [2.45, 2.75) is 6.10 Å². The number of aliphatic hydroxyl groups excluding tert-OH is 1. The second-order valence-corrected chi connectivity index (χ2v) is 5.39. The largest absolute Gasteiger partial charge is 0.383 e. The molecule has 0 saturated heterocycles. The average Bonchev–Trinajstić information content (AvgIpc) is 2.74. The third kappa shape index (κ3) is 2.42. The zero-order chi connectivity index (χ0) is 10.8. The molecule has 0 spiro atoms. The van der Waals surface area contributed by atoms with Crippen LogP contribution in [0, 0.1) is 0 Å². The molecule has 1 unspecified atom stereocenters. The molecule has 0 saturated carbocycles. The Kier molecular flexibility index (Phi) is 3.46. The van der Waals surface area contributed by atoms with E-state index in [9.17, 15) is 5.11 Å².